The first-order valence-electron chi connectivity index (χ1n) is 6.69. The maximum Gasteiger partial charge on any atom is 0.0825 e. The van der Waals surface area contributed by atoms with E-state index in [2.05, 4.69) is 31.8 Å². The van der Waals surface area contributed by atoms with Crippen LogP contribution < -0.4 is 4.90 Å². The van der Waals surface area contributed by atoms with E-state index in [-0.39, 0.29) is 17.0 Å². The lowest BCUT2D eigenvalue weighted by atomic mass is 10.2. The van der Waals surface area contributed by atoms with Gasteiger partial charge >= 0.3 is 0 Å². The summed E-state index contributed by atoms with van der Waals surface area (Å²) >= 11 is 15.8. The molecule has 2 nitrogen and oxygen atoms in total. The molecule has 1 heterocycles. The first-order chi connectivity index (χ1) is 9.22. The third-order valence-electron chi connectivity index (χ3n) is 3.50. The van der Waals surface area contributed by atoms with Crippen LogP contribution in [0.1, 0.15) is 12.8 Å². The highest BCUT2D eigenvalue weighted by molar-refractivity contribution is 9.09. The SMILES string of the molecule is Br.Clc1cccc(N2CCN(CCCCBr)CC2)c1Cl. The van der Waals surface area contributed by atoms with Crippen molar-refractivity contribution in [3.8, 4) is 0 Å². The van der Waals surface area contributed by atoms with Gasteiger partial charge in [-0.2, -0.15) is 0 Å². The van der Waals surface area contributed by atoms with E-state index in [0.29, 0.717) is 10.0 Å². The minimum absolute atomic E-state index is 0. The highest BCUT2D eigenvalue weighted by Gasteiger charge is 2.19. The van der Waals surface area contributed by atoms with Gasteiger partial charge in [0.25, 0.3) is 0 Å². The number of nitrogens with zero attached hydrogens (tertiary/aromatic N) is 2. The van der Waals surface area contributed by atoms with Crippen molar-refractivity contribution in [2.45, 2.75) is 12.8 Å². The summed E-state index contributed by atoms with van der Waals surface area (Å²) < 4.78 is 0. The quantitative estimate of drug-likeness (QED) is 0.470. The summed E-state index contributed by atoms with van der Waals surface area (Å²) in [4.78, 5) is 4.85. The van der Waals surface area contributed by atoms with E-state index in [1.165, 1.54) is 19.4 Å². The molecule has 1 saturated heterocycles. The molecule has 1 aromatic carbocycles. The van der Waals surface area contributed by atoms with Gasteiger partial charge in [0.15, 0.2) is 0 Å². The average molecular weight is 447 g/mol. The zero-order chi connectivity index (χ0) is 13.7. The largest absolute Gasteiger partial charge is 0.368 e. The van der Waals surface area contributed by atoms with Gasteiger partial charge < -0.3 is 4.90 Å². The Morgan fingerprint density at radius 3 is 2.40 bits per heavy atom. The molecular weight excluding hydrogens is 427 g/mol. The van der Waals surface area contributed by atoms with Crippen LogP contribution in [0.4, 0.5) is 5.69 Å². The normalized spacial score (nSPS) is 16.1. The predicted molar refractivity (Wildman–Crippen MR) is 98.5 cm³/mol. The predicted octanol–water partition coefficient (Wildman–Crippen LogP) is 4.87. The summed E-state index contributed by atoms with van der Waals surface area (Å²) in [7, 11) is 0. The Labute approximate surface area is 150 Å². The molecule has 0 saturated carbocycles. The molecule has 0 bridgehead atoms. The first kappa shape index (κ1) is 18.6. The smallest absolute Gasteiger partial charge is 0.0825 e. The lowest BCUT2D eigenvalue weighted by Gasteiger charge is -2.36. The van der Waals surface area contributed by atoms with E-state index in [1.807, 2.05) is 12.1 Å². The zero-order valence-electron chi connectivity index (χ0n) is 11.3. The van der Waals surface area contributed by atoms with Crippen molar-refractivity contribution in [3.05, 3.63) is 28.2 Å². The maximum absolute atomic E-state index is 6.27. The van der Waals surface area contributed by atoms with Gasteiger partial charge in [0.1, 0.15) is 0 Å². The van der Waals surface area contributed by atoms with E-state index in [4.69, 9.17) is 23.2 Å². The van der Waals surface area contributed by atoms with Crippen molar-refractivity contribution in [2.75, 3.05) is 43.0 Å². The van der Waals surface area contributed by atoms with E-state index < -0.39 is 0 Å². The lowest BCUT2D eigenvalue weighted by Crippen LogP contribution is -2.46. The molecule has 0 radical (unpaired) electrons. The molecule has 0 atom stereocenters. The summed E-state index contributed by atoms with van der Waals surface area (Å²) in [6.07, 6.45) is 2.52. The molecule has 0 aromatic heterocycles. The van der Waals surface area contributed by atoms with Gasteiger partial charge in [-0.05, 0) is 31.5 Å². The molecule has 20 heavy (non-hydrogen) atoms. The third-order valence-corrected chi connectivity index (χ3v) is 4.87. The summed E-state index contributed by atoms with van der Waals surface area (Å²) in [5.41, 5.74) is 1.06. The van der Waals surface area contributed by atoms with Gasteiger partial charge in [-0.25, -0.2) is 0 Å². The van der Waals surface area contributed by atoms with E-state index in [0.717, 1.165) is 37.2 Å². The molecule has 0 spiro atoms. The number of alkyl halides is 1. The number of unbranched alkanes of at least 4 members (excludes halogenated alkanes) is 1. The second-order valence-corrected chi connectivity index (χ2v) is 6.38. The Kier molecular flexibility index (Phi) is 8.84. The van der Waals surface area contributed by atoms with Crippen LogP contribution in [0.5, 0.6) is 0 Å². The molecule has 6 heteroatoms. The van der Waals surface area contributed by atoms with Crippen LogP contribution in [0.25, 0.3) is 0 Å². The van der Waals surface area contributed by atoms with Crippen LogP contribution >= 0.6 is 56.1 Å². The number of hydrogen-bond donors (Lipinski definition) is 0. The second-order valence-electron chi connectivity index (χ2n) is 4.80. The topological polar surface area (TPSA) is 6.48 Å². The molecule has 1 aliphatic rings. The van der Waals surface area contributed by atoms with Gasteiger partial charge in [-0.15, -0.1) is 17.0 Å². The maximum atomic E-state index is 6.27. The molecule has 1 fully saturated rings. The molecule has 0 unspecified atom stereocenters. The standard InChI is InChI=1S/C14H19BrCl2N2.BrH/c15-6-1-2-7-18-8-10-19(11-9-18)13-5-3-4-12(16)14(13)17;/h3-5H,1-2,6-11H2;1H. The van der Waals surface area contributed by atoms with Crippen LogP contribution in [0, 0.1) is 0 Å². The zero-order valence-corrected chi connectivity index (χ0v) is 16.1. The Bertz CT molecular complexity index is 410. The Morgan fingerprint density at radius 2 is 1.75 bits per heavy atom. The van der Waals surface area contributed by atoms with Crippen LogP contribution in [0.15, 0.2) is 18.2 Å². The van der Waals surface area contributed by atoms with Crippen molar-refractivity contribution in [1.82, 2.24) is 4.90 Å². The van der Waals surface area contributed by atoms with Crippen molar-refractivity contribution in [1.29, 1.82) is 0 Å². The fourth-order valence-corrected chi connectivity index (χ4v) is 3.19. The fourth-order valence-electron chi connectivity index (χ4n) is 2.38. The lowest BCUT2D eigenvalue weighted by molar-refractivity contribution is 0.254. The molecule has 1 aliphatic heterocycles. The van der Waals surface area contributed by atoms with E-state index in [1.54, 1.807) is 0 Å². The number of rotatable bonds is 5. The number of hydrogen-bond acceptors (Lipinski definition) is 2. The Balaban J connectivity index is 0.00000200. The Morgan fingerprint density at radius 1 is 1.05 bits per heavy atom. The van der Waals surface area contributed by atoms with E-state index >= 15 is 0 Å². The van der Waals surface area contributed by atoms with Crippen LogP contribution in [-0.2, 0) is 0 Å². The fraction of sp³-hybridized carbons (Fsp3) is 0.571. The van der Waals surface area contributed by atoms with Crippen LogP contribution in [0.3, 0.4) is 0 Å². The molecule has 114 valence electrons. The molecular formula is C14H20Br2Cl2N2. The average Bonchev–Trinajstić information content (AvgIpc) is 2.43. The highest BCUT2D eigenvalue weighted by Crippen LogP contribution is 2.32. The van der Waals surface area contributed by atoms with Crippen LogP contribution in [-0.4, -0.2) is 43.0 Å². The molecule has 0 N–H and O–H groups in total. The first-order valence-corrected chi connectivity index (χ1v) is 8.57. The Hall–Kier alpha value is 0.520. The monoisotopic (exact) mass is 444 g/mol. The van der Waals surface area contributed by atoms with E-state index in [9.17, 15) is 0 Å². The summed E-state index contributed by atoms with van der Waals surface area (Å²) in [5, 5.41) is 2.42. The van der Waals surface area contributed by atoms with Crippen molar-refractivity contribution in [3.63, 3.8) is 0 Å². The number of anilines is 1. The molecule has 0 amide bonds. The third kappa shape index (κ3) is 5.06. The van der Waals surface area contributed by atoms with Crippen molar-refractivity contribution >= 4 is 61.8 Å². The van der Waals surface area contributed by atoms with Crippen molar-refractivity contribution < 1.29 is 0 Å². The minimum Gasteiger partial charge on any atom is -0.368 e. The summed E-state index contributed by atoms with van der Waals surface area (Å²) in [6.45, 7) is 5.45. The minimum atomic E-state index is 0. The van der Waals surface area contributed by atoms with Crippen LogP contribution in [0.2, 0.25) is 10.0 Å². The van der Waals surface area contributed by atoms with Gasteiger partial charge in [-0.3, -0.25) is 4.90 Å². The van der Waals surface area contributed by atoms with Gasteiger partial charge in [0, 0.05) is 31.5 Å². The number of piperazine rings is 1. The number of halogens is 4. The molecule has 2 rings (SSSR count). The molecule has 1 aromatic rings. The summed E-state index contributed by atoms with van der Waals surface area (Å²) in [5.74, 6) is 0. The van der Waals surface area contributed by atoms with Gasteiger partial charge in [-0.1, -0.05) is 45.2 Å². The second kappa shape index (κ2) is 9.52. The summed E-state index contributed by atoms with van der Waals surface area (Å²) in [6, 6.07) is 5.85. The van der Waals surface area contributed by atoms with Crippen molar-refractivity contribution in [2.24, 2.45) is 0 Å². The molecule has 0 aliphatic carbocycles. The highest BCUT2D eigenvalue weighted by atomic mass is 79.9. The van der Waals surface area contributed by atoms with Gasteiger partial charge in [0.2, 0.25) is 0 Å². The van der Waals surface area contributed by atoms with Gasteiger partial charge in [0.05, 0.1) is 15.7 Å². The number of benzene rings is 1.